The maximum absolute atomic E-state index is 10.8. The third-order valence-electron chi connectivity index (χ3n) is 2.03. The topological polar surface area (TPSA) is 111 Å². The average Bonchev–Trinajstić information content (AvgIpc) is 2.75. The Balaban J connectivity index is 2.53. The van der Waals surface area contributed by atoms with Gasteiger partial charge >= 0.3 is 11.8 Å². The third-order valence-corrected chi connectivity index (χ3v) is 2.56. The highest BCUT2D eigenvalue weighted by atomic mass is 79.9. The van der Waals surface area contributed by atoms with Crippen LogP contribution in [0, 0.1) is 10.1 Å². The van der Waals surface area contributed by atoms with Crippen LogP contribution in [0.3, 0.4) is 0 Å². The first kappa shape index (κ1) is 12.2. The molecule has 0 unspecified atom stereocenters. The van der Waals surface area contributed by atoms with Gasteiger partial charge in [0.2, 0.25) is 0 Å². The van der Waals surface area contributed by atoms with Gasteiger partial charge in [-0.05, 0) is 29.2 Å². The smallest absolute Gasteiger partial charge is 0.425 e. The lowest BCUT2D eigenvalue weighted by atomic mass is 10.3. The molecule has 0 fully saturated rings. The van der Waals surface area contributed by atoms with Crippen LogP contribution in [0.2, 0.25) is 0 Å². The van der Waals surface area contributed by atoms with Crippen molar-refractivity contribution in [1.82, 2.24) is 15.0 Å². The number of aromatic carboxylic acids is 1. The number of carboxylic acids is 1. The summed E-state index contributed by atoms with van der Waals surface area (Å²) in [7, 11) is 0. The second kappa shape index (κ2) is 4.53. The fourth-order valence-corrected chi connectivity index (χ4v) is 1.51. The molecular weight excluding hydrogens is 308 g/mol. The molecular formula is C9H5BrN4O4. The van der Waals surface area contributed by atoms with Crippen LogP contribution in [0.4, 0.5) is 5.82 Å². The van der Waals surface area contributed by atoms with E-state index >= 15 is 0 Å². The largest absolute Gasteiger partial charge is 0.476 e. The van der Waals surface area contributed by atoms with Gasteiger partial charge in [0.1, 0.15) is 5.69 Å². The second-order valence-corrected chi connectivity index (χ2v) is 4.12. The molecule has 1 N–H and O–H groups in total. The Kier molecular flexibility index (Phi) is 3.06. The Morgan fingerprint density at radius 1 is 1.33 bits per heavy atom. The van der Waals surface area contributed by atoms with E-state index in [4.69, 9.17) is 5.11 Å². The number of hydrogen-bond donors (Lipinski definition) is 1. The summed E-state index contributed by atoms with van der Waals surface area (Å²) >= 11 is 3.23. The fraction of sp³-hybridized carbons (Fsp3) is 0. The number of carbonyl (C=O) groups is 1. The van der Waals surface area contributed by atoms with Crippen molar-refractivity contribution in [1.29, 1.82) is 0 Å². The summed E-state index contributed by atoms with van der Waals surface area (Å²) in [6.45, 7) is 0. The molecule has 8 nitrogen and oxygen atoms in total. The summed E-state index contributed by atoms with van der Waals surface area (Å²) in [4.78, 5) is 21.5. The van der Waals surface area contributed by atoms with Gasteiger partial charge in [-0.15, -0.1) is 5.10 Å². The highest BCUT2D eigenvalue weighted by molar-refractivity contribution is 9.10. The summed E-state index contributed by atoms with van der Waals surface area (Å²) < 4.78 is 0.811. The molecule has 0 aliphatic carbocycles. The van der Waals surface area contributed by atoms with Gasteiger partial charge in [0, 0.05) is 4.47 Å². The molecule has 0 spiro atoms. The Hall–Kier alpha value is -2.29. The Bertz CT molecular complexity index is 590. The van der Waals surface area contributed by atoms with Crippen molar-refractivity contribution in [3.8, 4) is 5.69 Å². The van der Waals surface area contributed by atoms with E-state index in [1.165, 1.54) is 0 Å². The van der Waals surface area contributed by atoms with E-state index in [1.54, 1.807) is 24.3 Å². The highest BCUT2D eigenvalue weighted by Crippen LogP contribution is 2.17. The molecule has 0 radical (unpaired) electrons. The predicted molar refractivity (Wildman–Crippen MR) is 62.7 cm³/mol. The average molecular weight is 313 g/mol. The van der Waals surface area contributed by atoms with Crippen molar-refractivity contribution in [2.75, 3.05) is 0 Å². The van der Waals surface area contributed by atoms with Crippen LogP contribution in [0.15, 0.2) is 28.7 Å². The second-order valence-electron chi connectivity index (χ2n) is 3.20. The van der Waals surface area contributed by atoms with Gasteiger partial charge in [0.15, 0.2) is 0 Å². The van der Waals surface area contributed by atoms with Crippen LogP contribution in [-0.4, -0.2) is 31.0 Å². The van der Waals surface area contributed by atoms with Crippen LogP contribution < -0.4 is 0 Å². The molecule has 1 heterocycles. The highest BCUT2D eigenvalue weighted by Gasteiger charge is 2.28. The van der Waals surface area contributed by atoms with E-state index < -0.39 is 22.4 Å². The molecule has 0 aliphatic rings. The minimum absolute atomic E-state index is 0.425. The number of carboxylic acid groups (broad SMARTS) is 1. The van der Waals surface area contributed by atoms with Gasteiger partial charge in [-0.2, -0.15) is 0 Å². The molecule has 0 saturated heterocycles. The third kappa shape index (κ3) is 2.20. The van der Waals surface area contributed by atoms with Crippen molar-refractivity contribution >= 4 is 27.7 Å². The normalized spacial score (nSPS) is 10.3. The maximum Gasteiger partial charge on any atom is 0.425 e. The summed E-state index contributed by atoms with van der Waals surface area (Å²) in [6, 6.07) is 6.56. The molecule has 0 aliphatic heterocycles. The van der Waals surface area contributed by atoms with Crippen LogP contribution in [0.5, 0.6) is 0 Å². The lowest BCUT2D eigenvalue weighted by Gasteiger charge is -1.94. The number of halogens is 1. The quantitative estimate of drug-likeness (QED) is 0.681. The van der Waals surface area contributed by atoms with Crippen molar-refractivity contribution in [3.63, 3.8) is 0 Å². The number of rotatable bonds is 3. The standard InChI is InChI=1S/C9H5BrN4O4/c10-5-1-3-6(4-2-5)13-11-7(9(15)16)8(12-13)14(17)18/h1-4H,(H,15,16). The number of nitrogens with zero attached hydrogens (tertiary/aromatic N) is 4. The van der Waals surface area contributed by atoms with E-state index in [0.717, 1.165) is 9.27 Å². The van der Waals surface area contributed by atoms with Gasteiger partial charge in [0.05, 0.1) is 5.10 Å². The molecule has 2 rings (SSSR count). The number of nitro groups is 1. The summed E-state index contributed by atoms with van der Waals surface area (Å²) in [5.41, 5.74) is -0.267. The summed E-state index contributed by atoms with van der Waals surface area (Å²) in [5, 5.41) is 26.6. The monoisotopic (exact) mass is 312 g/mol. The first-order chi connectivity index (χ1) is 8.49. The van der Waals surface area contributed by atoms with Gasteiger partial charge in [0.25, 0.3) is 5.69 Å². The Morgan fingerprint density at radius 3 is 2.39 bits per heavy atom. The molecule has 2 aromatic rings. The minimum Gasteiger partial charge on any atom is -0.476 e. The molecule has 1 aromatic carbocycles. The fourth-order valence-electron chi connectivity index (χ4n) is 1.25. The molecule has 9 heteroatoms. The predicted octanol–water partition coefficient (Wildman–Crippen LogP) is 1.64. The van der Waals surface area contributed by atoms with Gasteiger partial charge in [-0.25, -0.2) is 4.79 Å². The van der Waals surface area contributed by atoms with Gasteiger partial charge in [-0.1, -0.05) is 20.7 Å². The molecule has 0 amide bonds. The Labute approximate surface area is 108 Å². The molecule has 0 atom stereocenters. The van der Waals surface area contributed by atoms with Crippen molar-refractivity contribution in [3.05, 3.63) is 44.5 Å². The van der Waals surface area contributed by atoms with E-state index in [2.05, 4.69) is 26.1 Å². The van der Waals surface area contributed by atoms with Gasteiger partial charge in [-0.3, -0.25) is 0 Å². The number of aromatic nitrogens is 3. The van der Waals surface area contributed by atoms with Crippen molar-refractivity contribution < 1.29 is 14.8 Å². The molecule has 0 bridgehead atoms. The van der Waals surface area contributed by atoms with Crippen LogP contribution in [0.1, 0.15) is 10.5 Å². The first-order valence-electron chi connectivity index (χ1n) is 4.60. The van der Waals surface area contributed by atoms with Crippen LogP contribution >= 0.6 is 15.9 Å². The van der Waals surface area contributed by atoms with E-state index in [9.17, 15) is 14.9 Å². The minimum atomic E-state index is -1.50. The molecule has 0 saturated carbocycles. The molecule has 92 valence electrons. The van der Waals surface area contributed by atoms with E-state index in [-0.39, 0.29) is 0 Å². The lowest BCUT2D eigenvalue weighted by molar-refractivity contribution is -0.390. The zero-order valence-corrected chi connectivity index (χ0v) is 10.2. The molecule has 1 aromatic heterocycles. The van der Waals surface area contributed by atoms with Crippen molar-refractivity contribution in [2.45, 2.75) is 0 Å². The number of hydrogen-bond acceptors (Lipinski definition) is 5. The first-order valence-corrected chi connectivity index (χ1v) is 5.39. The summed E-state index contributed by atoms with van der Waals surface area (Å²) in [5.74, 6) is -2.28. The van der Waals surface area contributed by atoms with E-state index in [1.807, 2.05) is 0 Å². The zero-order valence-electron chi connectivity index (χ0n) is 8.65. The van der Waals surface area contributed by atoms with E-state index in [0.29, 0.717) is 5.69 Å². The zero-order chi connectivity index (χ0) is 13.3. The lowest BCUT2D eigenvalue weighted by Crippen LogP contribution is -2.02. The van der Waals surface area contributed by atoms with Gasteiger partial charge < -0.3 is 15.2 Å². The number of benzene rings is 1. The van der Waals surface area contributed by atoms with Crippen molar-refractivity contribution in [2.24, 2.45) is 0 Å². The molecule has 18 heavy (non-hydrogen) atoms. The van der Waals surface area contributed by atoms with Crippen LogP contribution in [-0.2, 0) is 0 Å². The SMILES string of the molecule is O=C(O)c1nn(-c2ccc(Br)cc2)nc1[N+](=O)[O-]. The summed E-state index contributed by atoms with van der Waals surface area (Å²) in [6.07, 6.45) is 0. The maximum atomic E-state index is 10.8. The Morgan fingerprint density at radius 2 is 1.94 bits per heavy atom. The van der Waals surface area contributed by atoms with Crippen LogP contribution in [0.25, 0.3) is 5.69 Å².